The summed E-state index contributed by atoms with van der Waals surface area (Å²) in [7, 11) is 0. The van der Waals surface area contributed by atoms with E-state index in [9.17, 15) is 20.0 Å². The highest BCUT2D eigenvalue weighted by molar-refractivity contribution is 5.92. The Morgan fingerprint density at radius 3 is 1.77 bits per heavy atom. The molecule has 0 aliphatic rings. The first kappa shape index (κ1) is 25.7. The van der Waals surface area contributed by atoms with Crippen LogP contribution >= 0.6 is 0 Å². The molecule has 1 N–H and O–H groups in total. The fourth-order valence-electron chi connectivity index (χ4n) is 3.22. The fourth-order valence-corrected chi connectivity index (χ4v) is 3.22. The molecule has 7 nitrogen and oxygen atoms in total. The van der Waals surface area contributed by atoms with Crippen LogP contribution in [0.15, 0.2) is 12.1 Å². The molecule has 0 aromatic heterocycles. The number of nitrogens with zero attached hydrogens (tertiary/aromatic N) is 1. The summed E-state index contributed by atoms with van der Waals surface area (Å²) in [6.45, 7) is 5.06. The molecule has 170 valence electrons. The first-order chi connectivity index (χ1) is 14.5. The highest BCUT2D eigenvalue weighted by atomic mass is 16.6. The van der Waals surface area contributed by atoms with Gasteiger partial charge < -0.3 is 14.6 Å². The number of aromatic carboxylic acids is 1. The number of ether oxygens (including phenoxy) is 2. The molecule has 0 aliphatic heterocycles. The summed E-state index contributed by atoms with van der Waals surface area (Å²) < 4.78 is 11.3. The second-order valence-electron chi connectivity index (χ2n) is 7.61. The largest absolute Gasteiger partial charge is 0.493 e. The van der Waals surface area contributed by atoms with Gasteiger partial charge in [0.2, 0.25) is 5.75 Å². The number of nitro groups is 1. The van der Waals surface area contributed by atoms with Crippen molar-refractivity contribution in [1.29, 1.82) is 0 Å². The van der Waals surface area contributed by atoms with Crippen molar-refractivity contribution in [3.8, 4) is 11.5 Å². The van der Waals surface area contributed by atoms with Crippen molar-refractivity contribution in [1.82, 2.24) is 0 Å². The van der Waals surface area contributed by atoms with E-state index in [4.69, 9.17) is 9.47 Å². The maximum absolute atomic E-state index is 11.6. The number of carboxylic acids is 1. The van der Waals surface area contributed by atoms with Crippen molar-refractivity contribution < 1.29 is 24.3 Å². The molecule has 1 aromatic carbocycles. The van der Waals surface area contributed by atoms with E-state index in [1.165, 1.54) is 44.6 Å². The number of carbonyl (C=O) groups is 1. The zero-order chi connectivity index (χ0) is 22.2. The highest BCUT2D eigenvalue weighted by Crippen LogP contribution is 2.35. The molecule has 30 heavy (non-hydrogen) atoms. The van der Waals surface area contributed by atoms with E-state index in [0.29, 0.717) is 13.2 Å². The molecule has 0 amide bonds. The van der Waals surface area contributed by atoms with Crippen LogP contribution in [0.3, 0.4) is 0 Å². The quantitative estimate of drug-likeness (QED) is 0.159. The maximum atomic E-state index is 11.6. The first-order valence-corrected chi connectivity index (χ1v) is 11.3. The molecule has 0 radical (unpaired) electrons. The predicted molar refractivity (Wildman–Crippen MR) is 118 cm³/mol. The van der Waals surface area contributed by atoms with Gasteiger partial charge in [-0.05, 0) is 12.8 Å². The van der Waals surface area contributed by atoms with Crippen LogP contribution in [0.5, 0.6) is 11.5 Å². The lowest BCUT2D eigenvalue weighted by atomic mass is 10.1. The molecular weight excluding hydrogens is 386 g/mol. The average Bonchev–Trinajstić information content (AvgIpc) is 2.72. The molecule has 1 rings (SSSR count). The average molecular weight is 424 g/mol. The zero-order valence-corrected chi connectivity index (χ0v) is 18.5. The van der Waals surface area contributed by atoms with Crippen LogP contribution in [0.2, 0.25) is 0 Å². The van der Waals surface area contributed by atoms with Gasteiger partial charge in [-0.15, -0.1) is 0 Å². The number of benzene rings is 1. The second-order valence-corrected chi connectivity index (χ2v) is 7.61. The lowest BCUT2D eigenvalue weighted by Gasteiger charge is -2.13. The molecule has 0 fully saturated rings. The van der Waals surface area contributed by atoms with Gasteiger partial charge in [-0.2, -0.15) is 0 Å². The maximum Gasteiger partial charge on any atom is 0.339 e. The highest BCUT2D eigenvalue weighted by Gasteiger charge is 2.23. The second kappa shape index (κ2) is 15.5. The summed E-state index contributed by atoms with van der Waals surface area (Å²) in [5, 5.41) is 20.8. The summed E-state index contributed by atoms with van der Waals surface area (Å²) in [6.07, 6.45) is 13.0. The van der Waals surface area contributed by atoms with Crippen molar-refractivity contribution in [3.05, 3.63) is 27.8 Å². The van der Waals surface area contributed by atoms with Crippen LogP contribution in [0.4, 0.5) is 5.69 Å². The zero-order valence-electron chi connectivity index (χ0n) is 18.5. The smallest absolute Gasteiger partial charge is 0.339 e. The Labute approximate surface area is 179 Å². The molecule has 0 saturated carbocycles. The van der Waals surface area contributed by atoms with Gasteiger partial charge in [0.05, 0.1) is 18.1 Å². The van der Waals surface area contributed by atoms with Crippen molar-refractivity contribution in [3.63, 3.8) is 0 Å². The molecule has 0 heterocycles. The molecule has 0 aliphatic carbocycles. The minimum atomic E-state index is -1.25. The van der Waals surface area contributed by atoms with Gasteiger partial charge in [-0.1, -0.05) is 78.1 Å². The van der Waals surface area contributed by atoms with E-state index in [1.807, 2.05) is 0 Å². The minimum Gasteiger partial charge on any atom is -0.493 e. The van der Waals surface area contributed by atoms with Crippen LogP contribution in [0.25, 0.3) is 0 Å². The first-order valence-electron chi connectivity index (χ1n) is 11.3. The predicted octanol–water partition coefficient (Wildman–Crippen LogP) is 6.77. The topological polar surface area (TPSA) is 98.9 Å². The van der Waals surface area contributed by atoms with Gasteiger partial charge in [-0.25, -0.2) is 4.79 Å². The molecule has 0 saturated heterocycles. The summed E-state index contributed by atoms with van der Waals surface area (Å²) >= 11 is 0. The molecule has 7 heteroatoms. The number of nitro benzene ring substituents is 1. The Balaban J connectivity index is 2.70. The summed E-state index contributed by atoms with van der Waals surface area (Å²) in [5.74, 6) is -1.06. The standard InChI is InChI=1S/C23H37NO6/c1-3-5-7-9-11-13-15-29-21-18-22(30-16-14-12-10-8-6-4-2)20(24(27)28)17-19(21)23(25)26/h17-18H,3-16H2,1-2H3,(H,25,26). The Bertz CT molecular complexity index is 596. The molecular formula is C23H37NO6. The summed E-state index contributed by atoms with van der Waals surface area (Å²) in [5.41, 5.74) is -0.551. The molecule has 0 spiro atoms. The van der Waals surface area contributed by atoms with Gasteiger partial charge in [0.15, 0.2) is 0 Å². The van der Waals surface area contributed by atoms with Crippen molar-refractivity contribution in [2.24, 2.45) is 0 Å². The van der Waals surface area contributed by atoms with E-state index in [0.717, 1.165) is 44.6 Å². The van der Waals surface area contributed by atoms with Crippen LogP contribution in [0, 0.1) is 10.1 Å². The minimum absolute atomic E-state index is 0.0662. The van der Waals surface area contributed by atoms with Crippen LogP contribution in [0.1, 0.15) is 101 Å². The van der Waals surface area contributed by atoms with E-state index in [1.54, 1.807) is 0 Å². The summed E-state index contributed by atoms with van der Waals surface area (Å²) in [6, 6.07) is 2.39. The molecule has 0 bridgehead atoms. The van der Waals surface area contributed by atoms with Crippen LogP contribution < -0.4 is 9.47 Å². The Kier molecular flexibility index (Phi) is 13.3. The number of hydrogen-bond donors (Lipinski definition) is 1. The molecule has 0 atom stereocenters. The van der Waals surface area contributed by atoms with E-state index in [-0.39, 0.29) is 22.7 Å². The normalized spacial score (nSPS) is 10.7. The SMILES string of the molecule is CCCCCCCCOc1cc(OCCCCCCCC)c([N+](=O)[O-])cc1C(=O)O. The van der Waals surface area contributed by atoms with E-state index < -0.39 is 10.9 Å². The van der Waals surface area contributed by atoms with Gasteiger partial charge >= 0.3 is 11.7 Å². The van der Waals surface area contributed by atoms with Gasteiger partial charge in [0, 0.05) is 12.1 Å². The third-order valence-electron chi connectivity index (χ3n) is 5.00. The van der Waals surface area contributed by atoms with Crippen LogP contribution in [-0.4, -0.2) is 29.2 Å². The summed E-state index contributed by atoms with van der Waals surface area (Å²) in [4.78, 5) is 22.3. The lowest BCUT2D eigenvalue weighted by Crippen LogP contribution is -2.08. The Morgan fingerprint density at radius 1 is 0.833 bits per heavy atom. The number of carboxylic acid groups (broad SMARTS) is 1. The van der Waals surface area contributed by atoms with E-state index in [2.05, 4.69) is 13.8 Å². The van der Waals surface area contributed by atoms with Gasteiger partial charge in [0.25, 0.3) is 0 Å². The van der Waals surface area contributed by atoms with Crippen molar-refractivity contribution >= 4 is 11.7 Å². The van der Waals surface area contributed by atoms with Crippen molar-refractivity contribution in [2.45, 2.75) is 90.9 Å². The Hall–Kier alpha value is -2.31. The van der Waals surface area contributed by atoms with Crippen LogP contribution in [-0.2, 0) is 0 Å². The third kappa shape index (κ3) is 9.94. The van der Waals surface area contributed by atoms with Gasteiger partial charge in [-0.3, -0.25) is 10.1 Å². The van der Waals surface area contributed by atoms with E-state index >= 15 is 0 Å². The third-order valence-corrected chi connectivity index (χ3v) is 5.00. The van der Waals surface area contributed by atoms with Gasteiger partial charge in [0.1, 0.15) is 11.3 Å². The molecule has 1 aromatic rings. The lowest BCUT2D eigenvalue weighted by molar-refractivity contribution is -0.385. The number of rotatable bonds is 18. The molecule has 0 unspecified atom stereocenters. The Morgan fingerprint density at radius 2 is 1.30 bits per heavy atom. The van der Waals surface area contributed by atoms with Crippen molar-refractivity contribution in [2.75, 3.05) is 13.2 Å². The number of hydrogen-bond acceptors (Lipinski definition) is 5. The monoisotopic (exact) mass is 423 g/mol. The number of unbranched alkanes of at least 4 members (excludes halogenated alkanes) is 10. The fraction of sp³-hybridized carbons (Fsp3) is 0.696.